The van der Waals surface area contributed by atoms with Crippen LogP contribution in [0.2, 0.25) is 0 Å². The molecule has 23 heavy (non-hydrogen) atoms. The van der Waals surface area contributed by atoms with E-state index in [-0.39, 0.29) is 17.1 Å². The number of carbonyl (C=O) groups excluding carboxylic acids is 1. The molecule has 0 fully saturated rings. The van der Waals surface area contributed by atoms with Crippen LogP contribution in [-0.2, 0) is 16.8 Å². The van der Waals surface area contributed by atoms with E-state index in [0.29, 0.717) is 23.5 Å². The molecule has 0 aliphatic carbocycles. The van der Waals surface area contributed by atoms with E-state index in [0.717, 1.165) is 5.69 Å². The average molecular weight is 338 g/mol. The number of rotatable bonds is 6. The van der Waals surface area contributed by atoms with Gasteiger partial charge in [0, 0.05) is 18.0 Å². The first-order valence-corrected chi connectivity index (χ1v) is 8.40. The summed E-state index contributed by atoms with van der Waals surface area (Å²) in [5.74, 6) is 0.786. The van der Waals surface area contributed by atoms with Crippen LogP contribution in [0.15, 0.2) is 15.7 Å². The molecule has 0 aliphatic rings. The van der Waals surface area contributed by atoms with Gasteiger partial charge in [-0.25, -0.2) is 4.68 Å². The van der Waals surface area contributed by atoms with E-state index in [9.17, 15) is 4.79 Å². The minimum atomic E-state index is -0.189. The van der Waals surface area contributed by atoms with Crippen LogP contribution < -0.4 is 5.32 Å². The minimum Gasteiger partial charge on any atom is -0.338 e. The van der Waals surface area contributed by atoms with Gasteiger partial charge in [0.05, 0.1) is 11.4 Å². The van der Waals surface area contributed by atoms with Crippen molar-refractivity contribution in [3.63, 3.8) is 0 Å². The van der Waals surface area contributed by atoms with Gasteiger partial charge in [0.15, 0.2) is 0 Å². The molecule has 0 bridgehead atoms. The standard InChI is InChI=1S/C14H22N6O2S/c1-9(2)7-20-13(16-18-19-20)23-8-11(21)15-12-6-10(17-22-12)14(3,4)5/h6,9H,7-8H2,1-5H3,(H,15,21). The van der Waals surface area contributed by atoms with Gasteiger partial charge in [-0.2, -0.15) is 0 Å². The molecule has 0 spiro atoms. The minimum absolute atomic E-state index is 0.125. The highest BCUT2D eigenvalue weighted by molar-refractivity contribution is 7.99. The maximum Gasteiger partial charge on any atom is 0.237 e. The maximum atomic E-state index is 12.0. The third-order valence-corrected chi connectivity index (χ3v) is 3.87. The predicted octanol–water partition coefficient (Wildman–Crippen LogP) is 2.35. The number of anilines is 1. The number of nitrogens with zero attached hydrogens (tertiary/aromatic N) is 5. The summed E-state index contributed by atoms with van der Waals surface area (Å²) in [6.07, 6.45) is 0. The molecule has 126 valence electrons. The SMILES string of the molecule is CC(C)Cn1nnnc1SCC(=O)Nc1cc(C(C)(C)C)no1. The summed E-state index contributed by atoms with van der Waals surface area (Å²) in [6, 6.07) is 1.74. The van der Waals surface area contributed by atoms with E-state index in [1.54, 1.807) is 10.7 Å². The molecule has 8 nitrogen and oxygen atoms in total. The van der Waals surface area contributed by atoms with Crippen molar-refractivity contribution in [1.82, 2.24) is 25.4 Å². The third kappa shape index (κ3) is 5.05. The highest BCUT2D eigenvalue weighted by atomic mass is 32.2. The Balaban J connectivity index is 1.88. The van der Waals surface area contributed by atoms with Gasteiger partial charge in [-0.05, 0) is 16.3 Å². The van der Waals surface area contributed by atoms with Crippen molar-refractivity contribution < 1.29 is 9.32 Å². The molecular formula is C14H22N6O2S. The zero-order valence-electron chi connectivity index (χ0n) is 14.0. The summed E-state index contributed by atoms with van der Waals surface area (Å²) >= 11 is 1.29. The van der Waals surface area contributed by atoms with Crippen LogP contribution in [0.25, 0.3) is 0 Å². The molecule has 0 aliphatic heterocycles. The Hall–Kier alpha value is -1.90. The van der Waals surface area contributed by atoms with Crippen LogP contribution in [0.4, 0.5) is 5.88 Å². The van der Waals surface area contributed by atoms with Gasteiger partial charge < -0.3 is 4.52 Å². The molecule has 0 saturated carbocycles. The number of tetrazole rings is 1. The number of aromatic nitrogens is 5. The second-order valence-electron chi connectivity index (χ2n) is 6.70. The van der Waals surface area contributed by atoms with Crippen molar-refractivity contribution in [1.29, 1.82) is 0 Å². The Bertz CT molecular complexity index is 658. The Morgan fingerprint density at radius 1 is 1.43 bits per heavy atom. The summed E-state index contributed by atoms with van der Waals surface area (Å²) < 4.78 is 6.84. The topological polar surface area (TPSA) is 98.7 Å². The van der Waals surface area contributed by atoms with Crippen LogP contribution in [0.3, 0.4) is 0 Å². The van der Waals surface area contributed by atoms with Crippen molar-refractivity contribution >= 4 is 23.6 Å². The van der Waals surface area contributed by atoms with Crippen LogP contribution in [-0.4, -0.2) is 37.0 Å². The second kappa shape index (κ2) is 7.12. The van der Waals surface area contributed by atoms with Gasteiger partial charge in [-0.3, -0.25) is 10.1 Å². The Morgan fingerprint density at radius 2 is 2.17 bits per heavy atom. The third-order valence-electron chi connectivity index (χ3n) is 2.91. The van der Waals surface area contributed by atoms with E-state index in [1.165, 1.54) is 11.8 Å². The zero-order chi connectivity index (χ0) is 17.0. The highest BCUT2D eigenvalue weighted by Crippen LogP contribution is 2.24. The molecule has 2 heterocycles. The predicted molar refractivity (Wildman–Crippen MR) is 87.2 cm³/mol. The van der Waals surface area contributed by atoms with Gasteiger partial charge >= 0.3 is 0 Å². The Kier molecular flexibility index (Phi) is 5.40. The molecule has 2 aromatic rings. The zero-order valence-corrected chi connectivity index (χ0v) is 14.8. The quantitative estimate of drug-likeness (QED) is 0.807. The summed E-state index contributed by atoms with van der Waals surface area (Å²) in [5.41, 5.74) is 0.668. The van der Waals surface area contributed by atoms with E-state index in [1.807, 2.05) is 20.8 Å². The highest BCUT2D eigenvalue weighted by Gasteiger charge is 2.20. The number of hydrogen-bond donors (Lipinski definition) is 1. The first-order chi connectivity index (χ1) is 10.8. The number of hydrogen-bond acceptors (Lipinski definition) is 7. The molecule has 1 amide bonds. The molecule has 2 rings (SSSR count). The maximum absolute atomic E-state index is 12.0. The lowest BCUT2D eigenvalue weighted by atomic mass is 9.92. The van der Waals surface area contributed by atoms with Crippen LogP contribution in [0.1, 0.15) is 40.3 Å². The molecule has 0 radical (unpaired) electrons. The smallest absolute Gasteiger partial charge is 0.237 e. The first-order valence-electron chi connectivity index (χ1n) is 7.41. The van der Waals surface area contributed by atoms with Crippen LogP contribution >= 0.6 is 11.8 Å². The van der Waals surface area contributed by atoms with Crippen molar-refractivity contribution in [3.8, 4) is 0 Å². The van der Waals surface area contributed by atoms with E-state index >= 15 is 0 Å². The molecule has 9 heteroatoms. The Labute approximate surface area is 139 Å². The Morgan fingerprint density at radius 3 is 2.78 bits per heavy atom. The monoisotopic (exact) mass is 338 g/mol. The average Bonchev–Trinajstić information content (AvgIpc) is 3.04. The van der Waals surface area contributed by atoms with Crippen LogP contribution in [0.5, 0.6) is 0 Å². The summed E-state index contributed by atoms with van der Waals surface area (Å²) in [4.78, 5) is 12.0. The van der Waals surface area contributed by atoms with Crippen molar-refractivity contribution in [2.75, 3.05) is 11.1 Å². The molecule has 0 unspecified atom stereocenters. The van der Waals surface area contributed by atoms with Crippen LogP contribution in [0, 0.1) is 5.92 Å². The number of nitrogens with one attached hydrogen (secondary N) is 1. The summed E-state index contributed by atoms with van der Waals surface area (Å²) in [7, 11) is 0. The first kappa shape index (κ1) is 17.5. The van der Waals surface area contributed by atoms with Crippen molar-refractivity contribution in [3.05, 3.63) is 11.8 Å². The van der Waals surface area contributed by atoms with Gasteiger partial charge in [0.1, 0.15) is 0 Å². The number of amides is 1. The summed E-state index contributed by atoms with van der Waals surface area (Å²) in [5, 5.41) is 18.8. The molecule has 0 saturated heterocycles. The molecular weight excluding hydrogens is 316 g/mol. The lowest BCUT2D eigenvalue weighted by Crippen LogP contribution is -2.15. The van der Waals surface area contributed by atoms with E-state index in [2.05, 4.69) is 39.8 Å². The fraction of sp³-hybridized carbons (Fsp3) is 0.643. The van der Waals surface area contributed by atoms with E-state index < -0.39 is 0 Å². The summed E-state index contributed by atoms with van der Waals surface area (Å²) in [6.45, 7) is 11.0. The van der Waals surface area contributed by atoms with Gasteiger partial charge in [-0.1, -0.05) is 51.5 Å². The van der Waals surface area contributed by atoms with E-state index in [4.69, 9.17) is 4.52 Å². The number of thioether (sulfide) groups is 1. The molecule has 0 atom stereocenters. The van der Waals surface area contributed by atoms with Gasteiger partial charge in [0.2, 0.25) is 16.9 Å². The molecule has 1 N–H and O–H groups in total. The molecule has 0 aromatic carbocycles. The lowest BCUT2D eigenvalue weighted by molar-refractivity contribution is -0.113. The second-order valence-corrected chi connectivity index (χ2v) is 7.64. The van der Waals surface area contributed by atoms with Gasteiger partial charge in [-0.15, -0.1) is 5.10 Å². The normalized spacial score (nSPS) is 11.9. The fourth-order valence-corrected chi connectivity index (χ4v) is 2.44. The molecule has 2 aromatic heterocycles. The number of carbonyl (C=O) groups is 1. The van der Waals surface area contributed by atoms with Crippen molar-refractivity contribution in [2.45, 2.75) is 51.7 Å². The van der Waals surface area contributed by atoms with Gasteiger partial charge in [0.25, 0.3) is 0 Å². The lowest BCUT2D eigenvalue weighted by Gasteiger charge is -2.12. The van der Waals surface area contributed by atoms with Crippen molar-refractivity contribution in [2.24, 2.45) is 5.92 Å². The largest absolute Gasteiger partial charge is 0.338 e. The fourth-order valence-electron chi connectivity index (χ4n) is 1.75.